The zero-order valence-corrected chi connectivity index (χ0v) is 17.6. The summed E-state index contributed by atoms with van der Waals surface area (Å²) in [6, 6.07) is 15.7. The van der Waals surface area contributed by atoms with Gasteiger partial charge in [-0.15, -0.1) is 0 Å². The van der Waals surface area contributed by atoms with Crippen LogP contribution in [0, 0.1) is 5.92 Å². The maximum atomic E-state index is 12.8. The Bertz CT molecular complexity index is 945. The number of carbonyl (C=O) groups is 1. The van der Waals surface area contributed by atoms with E-state index in [0.29, 0.717) is 12.3 Å². The molecule has 1 heterocycles. The molecule has 0 bridgehead atoms. The third kappa shape index (κ3) is 5.47. The highest BCUT2D eigenvalue weighted by molar-refractivity contribution is 5.79. The van der Waals surface area contributed by atoms with Crippen molar-refractivity contribution in [3.8, 4) is 5.75 Å². The maximum absolute atomic E-state index is 12.8. The molecule has 0 radical (unpaired) electrons. The average Bonchev–Trinajstić information content (AvgIpc) is 3.13. The van der Waals surface area contributed by atoms with Crippen LogP contribution in [0.4, 0.5) is 0 Å². The van der Waals surface area contributed by atoms with Crippen molar-refractivity contribution < 1.29 is 9.53 Å². The van der Waals surface area contributed by atoms with E-state index in [0.717, 1.165) is 29.1 Å². The molecular formula is C24H29N3O2. The molecule has 0 saturated heterocycles. The summed E-state index contributed by atoms with van der Waals surface area (Å²) >= 11 is 0. The molecule has 3 rings (SSSR count). The summed E-state index contributed by atoms with van der Waals surface area (Å²) in [5.74, 6) is 2.10. The number of methoxy groups -OCH3 is 1. The van der Waals surface area contributed by atoms with Gasteiger partial charge in [-0.3, -0.25) is 4.79 Å². The van der Waals surface area contributed by atoms with Crippen LogP contribution < -0.4 is 10.1 Å². The molecule has 5 heteroatoms. The van der Waals surface area contributed by atoms with E-state index in [4.69, 9.17) is 4.74 Å². The summed E-state index contributed by atoms with van der Waals surface area (Å²) in [7, 11) is 3.56. The van der Waals surface area contributed by atoms with Crippen LogP contribution in [0.3, 0.4) is 0 Å². The Kier molecular flexibility index (Phi) is 6.70. The number of hydrogen-bond donors (Lipinski definition) is 1. The van der Waals surface area contributed by atoms with Crippen molar-refractivity contribution in [2.75, 3.05) is 7.11 Å². The Morgan fingerprint density at radius 3 is 2.48 bits per heavy atom. The number of benzene rings is 2. The first-order valence-corrected chi connectivity index (χ1v) is 9.94. The van der Waals surface area contributed by atoms with Crippen LogP contribution in [0.1, 0.15) is 42.4 Å². The van der Waals surface area contributed by atoms with Gasteiger partial charge in [0, 0.05) is 19.4 Å². The molecule has 29 heavy (non-hydrogen) atoms. The van der Waals surface area contributed by atoms with Gasteiger partial charge in [-0.05, 0) is 41.2 Å². The first-order valence-electron chi connectivity index (χ1n) is 9.94. The van der Waals surface area contributed by atoms with Crippen molar-refractivity contribution in [2.45, 2.75) is 32.7 Å². The number of ether oxygens (including phenoxy) is 1. The smallest absolute Gasteiger partial charge is 0.225 e. The Balaban J connectivity index is 1.77. The zero-order chi connectivity index (χ0) is 20.8. The normalized spacial score (nSPS) is 12.0. The largest absolute Gasteiger partial charge is 0.497 e. The summed E-state index contributed by atoms with van der Waals surface area (Å²) in [5, 5.41) is 3.15. The number of carbonyl (C=O) groups excluding carboxylic acids is 1. The molecule has 1 aromatic heterocycles. The summed E-state index contributed by atoms with van der Waals surface area (Å²) < 4.78 is 7.27. The molecule has 5 nitrogen and oxygen atoms in total. The zero-order valence-electron chi connectivity index (χ0n) is 17.6. The highest BCUT2D eigenvalue weighted by atomic mass is 16.5. The third-order valence-electron chi connectivity index (χ3n) is 4.88. The van der Waals surface area contributed by atoms with Crippen LogP contribution in [0.15, 0.2) is 60.9 Å². The molecule has 0 saturated carbocycles. The number of nitrogens with one attached hydrogen (secondary N) is 1. The minimum Gasteiger partial charge on any atom is -0.497 e. The van der Waals surface area contributed by atoms with Crippen LogP contribution in [-0.2, 0) is 24.7 Å². The first kappa shape index (κ1) is 20.6. The van der Waals surface area contributed by atoms with E-state index in [-0.39, 0.29) is 11.9 Å². The Hall–Kier alpha value is -3.08. The van der Waals surface area contributed by atoms with Crippen molar-refractivity contribution in [2.24, 2.45) is 13.0 Å². The Labute approximate surface area is 172 Å². The third-order valence-corrected chi connectivity index (χ3v) is 4.88. The van der Waals surface area contributed by atoms with Gasteiger partial charge in [-0.1, -0.05) is 50.2 Å². The number of nitrogens with zero attached hydrogens (tertiary/aromatic N) is 2. The van der Waals surface area contributed by atoms with Gasteiger partial charge in [-0.25, -0.2) is 4.98 Å². The molecule has 1 unspecified atom stereocenters. The van der Waals surface area contributed by atoms with Crippen LogP contribution in [0.5, 0.6) is 5.75 Å². The lowest BCUT2D eigenvalue weighted by Crippen LogP contribution is -2.32. The quantitative estimate of drug-likeness (QED) is 0.630. The van der Waals surface area contributed by atoms with Crippen LogP contribution in [-0.4, -0.2) is 22.6 Å². The van der Waals surface area contributed by atoms with Gasteiger partial charge in [0.05, 0.1) is 13.5 Å². The summed E-state index contributed by atoms with van der Waals surface area (Å²) in [6.07, 6.45) is 4.99. The van der Waals surface area contributed by atoms with Crippen molar-refractivity contribution in [3.63, 3.8) is 0 Å². The second-order valence-electron chi connectivity index (χ2n) is 7.76. The standard InChI is InChI=1S/C24H29N3O2/c1-17(2)14-18-8-10-19(11-9-18)15-22(28)26-23(24-25-12-13-27(24)3)20-6-5-7-21(16-20)29-4/h5-13,16-17,23H,14-15H2,1-4H3,(H,26,28). The predicted octanol–water partition coefficient (Wildman–Crippen LogP) is 4.08. The fourth-order valence-electron chi connectivity index (χ4n) is 3.44. The Morgan fingerprint density at radius 2 is 1.86 bits per heavy atom. The topological polar surface area (TPSA) is 56.1 Å². The van der Waals surface area contributed by atoms with Crippen LogP contribution in [0.2, 0.25) is 0 Å². The minimum absolute atomic E-state index is 0.0440. The lowest BCUT2D eigenvalue weighted by Gasteiger charge is -2.20. The van der Waals surface area contributed by atoms with Gasteiger partial charge < -0.3 is 14.6 Å². The molecule has 152 valence electrons. The van der Waals surface area contributed by atoms with Gasteiger partial charge >= 0.3 is 0 Å². The average molecular weight is 392 g/mol. The highest BCUT2D eigenvalue weighted by Crippen LogP contribution is 2.24. The van der Waals surface area contributed by atoms with E-state index in [2.05, 4.69) is 36.3 Å². The summed E-state index contributed by atoms with van der Waals surface area (Å²) in [6.45, 7) is 4.41. The van der Waals surface area contributed by atoms with E-state index in [1.807, 2.05) is 54.2 Å². The molecule has 3 aromatic rings. The summed E-state index contributed by atoms with van der Waals surface area (Å²) in [4.78, 5) is 17.3. The number of hydrogen-bond acceptors (Lipinski definition) is 3. The SMILES string of the molecule is COc1cccc(C(NC(=O)Cc2ccc(CC(C)C)cc2)c2nccn2C)c1. The fraction of sp³-hybridized carbons (Fsp3) is 0.333. The number of amides is 1. The van der Waals surface area contributed by atoms with Crippen molar-refractivity contribution in [1.29, 1.82) is 0 Å². The monoisotopic (exact) mass is 391 g/mol. The van der Waals surface area contributed by atoms with Crippen molar-refractivity contribution >= 4 is 5.91 Å². The second-order valence-corrected chi connectivity index (χ2v) is 7.76. The predicted molar refractivity (Wildman–Crippen MR) is 115 cm³/mol. The molecule has 0 fully saturated rings. The van der Waals surface area contributed by atoms with E-state index in [9.17, 15) is 4.79 Å². The second kappa shape index (κ2) is 9.41. The molecule has 1 amide bonds. The van der Waals surface area contributed by atoms with E-state index in [1.54, 1.807) is 13.3 Å². The van der Waals surface area contributed by atoms with Gasteiger partial charge in [-0.2, -0.15) is 0 Å². The molecule has 1 N–H and O–H groups in total. The minimum atomic E-state index is -0.349. The summed E-state index contributed by atoms with van der Waals surface area (Å²) in [5.41, 5.74) is 3.23. The molecule has 0 spiro atoms. The lowest BCUT2D eigenvalue weighted by molar-refractivity contribution is -0.121. The van der Waals surface area contributed by atoms with Crippen LogP contribution >= 0.6 is 0 Å². The molecule has 0 aliphatic rings. The number of imidazole rings is 1. The maximum Gasteiger partial charge on any atom is 0.225 e. The molecular weight excluding hydrogens is 362 g/mol. The van der Waals surface area contributed by atoms with Crippen LogP contribution in [0.25, 0.3) is 0 Å². The van der Waals surface area contributed by atoms with E-state index in [1.165, 1.54) is 5.56 Å². The van der Waals surface area contributed by atoms with Crippen molar-refractivity contribution in [1.82, 2.24) is 14.9 Å². The number of aromatic nitrogens is 2. The van der Waals surface area contributed by atoms with Gasteiger partial charge in [0.1, 0.15) is 17.6 Å². The molecule has 1 atom stereocenters. The highest BCUT2D eigenvalue weighted by Gasteiger charge is 2.21. The molecule has 0 aliphatic heterocycles. The number of rotatable bonds is 8. The number of aryl methyl sites for hydroxylation is 1. The van der Waals surface area contributed by atoms with E-state index >= 15 is 0 Å². The molecule has 0 aliphatic carbocycles. The molecule has 2 aromatic carbocycles. The van der Waals surface area contributed by atoms with E-state index < -0.39 is 0 Å². The van der Waals surface area contributed by atoms with Gasteiger partial charge in [0.25, 0.3) is 0 Å². The van der Waals surface area contributed by atoms with Gasteiger partial charge in [0.2, 0.25) is 5.91 Å². The Morgan fingerprint density at radius 1 is 1.14 bits per heavy atom. The van der Waals surface area contributed by atoms with Crippen molar-refractivity contribution in [3.05, 3.63) is 83.4 Å². The van der Waals surface area contributed by atoms with Gasteiger partial charge in [0.15, 0.2) is 0 Å². The lowest BCUT2D eigenvalue weighted by atomic mass is 10.0. The fourth-order valence-corrected chi connectivity index (χ4v) is 3.44. The first-order chi connectivity index (χ1) is 14.0.